The number of nitrogens with one attached hydrogen (secondary N) is 2. The van der Waals surface area contributed by atoms with Gasteiger partial charge in [-0.15, -0.1) is 0 Å². The predicted molar refractivity (Wildman–Crippen MR) is 108 cm³/mol. The molecule has 3 rings (SSSR count). The molecule has 2 aliphatic heterocycles. The molecule has 2 heterocycles. The van der Waals surface area contributed by atoms with Gasteiger partial charge in [0.2, 0.25) is 5.91 Å². The number of hydrogen-bond acceptors (Lipinski definition) is 6. The monoisotopic (exact) mass is 400 g/mol. The van der Waals surface area contributed by atoms with Gasteiger partial charge in [-0.25, -0.2) is 0 Å². The molecule has 0 aliphatic carbocycles. The molecule has 2 aliphatic rings. The first-order valence-electron chi connectivity index (χ1n) is 9.94. The number of nitrogens with zero attached hydrogens (tertiary/aromatic N) is 1. The number of Topliss-reactive ketones (excluding diaryl/α,β-unsaturated/α-hetero) is 2. The molecule has 1 aromatic carbocycles. The molecule has 0 aromatic heterocycles. The Morgan fingerprint density at radius 1 is 1.24 bits per heavy atom. The molecule has 29 heavy (non-hydrogen) atoms. The van der Waals surface area contributed by atoms with Crippen molar-refractivity contribution < 1.29 is 19.2 Å². The Labute approximate surface area is 170 Å². The fourth-order valence-electron chi connectivity index (χ4n) is 4.18. The van der Waals surface area contributed by atoms with Crippen LogP contribution >= 0.6 is 0 Å². The highest BCUT2D eigenvalue weighted by Crippen LogP contribution is 2.30. The van der Waals surface area contributed by atoms with Gasteiger partial charge in [0.25, 0.3) is 5.91 Å². The Bertz CT molecular complexity index is 820. The molecule has 4 atom stereocenters. The van der Waals surface area contributed by atoms with E-state index in [2.05, 4.69) is 10.6 Å². The van der Waals surface area contributed by atoms with E-state index < -0.39 is 24.0 Å². The van der Waals surface area contributed by atoms with Gasteiger partial charge in [0, 0.05) is 17.3 Å². The fraction of sp³-hybridized carbons (Fsp3) is 0.524. The number of ketones is 2. The smallest absolute Gasteiger partial charge is 0.251 e. The van der Waals surface area contributed by atoms with Gasteiger partial charge >= 0.3 is 0 Å². The molecule has 8 heteroatoms. The van der Waals surface area contributed by atoms with E-state index in [1.807, 2.05) is 13.8 Å². The summed E-state index contributed by atoms with van der Waals surface area (Å²) in [6.07, 6.45) is 0.817. The Morgan fingerprint density at radius 2 is 1.90 bits per heavy atom. The number of nitrogens with two attached hydrogens (primary N) is 1. The lowest BCUT2D eigenvalue weighted by Crippen LogP contribution is -2.56. The van der Waals surface area contributed by atoms with Crippen LogP contribution in [0.2, 0.25) is 0 Å². The summed E-state index contributed by atoms with van der Waals surface area (Å²) in [4.78, 5) is 52.2. The normalized spacial score (nSPS) is 24.5. The van der Waals surface area contributed by atoms with Crippen LogP contribution in [0.1, 0.15) is 44.0 Å². The van der Waals surface area contributed by atoms with Crippen LogP contribution < -0.4 is 16.4 Å². The van der Waals surface area contributed by atoms with Gasteiger partial charge in [0.05, 0.1) is 12.6 Å². The van der Waals surface area contributed by atoms with Gasteiger partial charge in [0.15, 0.2) is 11.6 Å². The highest BCUT2D eigenvalue weighted by atomic mass is 16.2. The van der Waals surface area contributed by atoms with Crippen molar-refractivity contribution >= 4 is 29.1 Å². The van der Waals surface area contributed by atoms with Gasteiger partial charge < -0.3 is 21.3 Å². The van der Waals surface area contributed by atoms with E-state index in [-0.39, 0.29) is 36.0 Å². The molecule has 0 bridgehead atoms. The number of rotatable bonds is 6. The number of carbonyl (C=O) groups excluding carboxylic acids is 4. The molecule has 0 radical (unpaired) electrons. The highest BCUT2D eigenvalue weighted by molar-refractivity contribution is 6.01. The van der Waals surface area contributed by atoms with Crippen LogP contribution in [0, 0.1) is 5.92 Å². The molecule has 4 N–H and O–H groups in total. The van der Waals surface area contributed by atoms with Crippen LogP contribution in [-0.4, -0.2) is 59.0 Å². The number of carbonyl (C=O) groups is 4. The first kappa shape index (κ1) is 21.0. The minimum Gasteiger partial charge on any atom is -0.399 e. The van der Waals surface area contributed by atoms with E-state index in [1.54, 1.807) is 24.3 Å². The van der Waals surface area contributed by atoms with E-state index in [0.29, 0.717) is 24.1 Å². The van der Waals surface area contributed by atoms with Crippen LogP contribution in [0.5, 0.6) is 0 Å². The average Bonchev–Trinajstić information content (AvgIpc) is 3.21. The number of hydrogen-bond donors (Lipinski definition) is 3. The average molecular weight is 400 g/mol. The minimum atomic E-state index is -0.825. The van der Waals surface area contributed by atoms with Crippen molar-refractivity contribution in [2.75, 3.05) is 12.3 Å². The van der Waals surface area contributed by atoms with Gasteiger partial charge in [-0.05, 0) is 49.9 Å². The van der Waals surface area contributed by atoms with Gasteiger partial charge in [0.1, 0.15) is 12.1 Å². The molecule has 2 fully saturated rings. The molecular formula is C21H28N4O4. The molecule has 8 nitrogen and oxygen atoms in total. The van der Waals surface area contributed by atoms with E-state index in [0.717, 1.165) is 0 Å². The molecule has 156 valence electrons. The van der Waals surface area contributed by atoms with E-state index >= 15 is 0 Å². The van der Waals surface area contributed by atoms with Crippen LogP contribution in [0.25, 0.3) is 0 Å². The van der Waals surface area contributed by atoms with Crippen LogP contribution in [0.15, 0.2) is 24.3 Å². The molecule has 1 aromatic rings. The number of likely N-dealkylation sites (tertiary alicyclic amines) is 1. The molecule has 2 saturated heterocycles. The van der Waals surface area contributed by atoms with E-state index in [1.165, 1.54) is 11.8 Å². The molecular weight excluding hydrogens is 372 g/mol. The summed E-state index contributed by atoms with van der Waals surface area (Å²) in [6, 6.07) is 4.08. The Balaban J connectivity index is 1.85. The van der Waals surface area contributed by atoms with Crippen molar-refractivity contribution in [2.45, 2.75) is 57.8 Å². The van der Waals surface area contributed by atoms with Crippen LogP contribution in [-0.2, 0) is 14.4 Å². The maximum absolute atomic E-state index is 13.5. The maximum Gasteiger partial charge on any atom is 0.251 e. The largest absolute Gasteiger partial charge is 0.399 e. The van der Waals surface area contributed by atoms with Crippen molar-refractivity contribution in [2.24, 2.45) is 5.92 Å². The zero-order valence-corrected chi connectivity index (χ0v) is 17.0. The third-order valence-electron chi connectivity index (χ3n) is 5.57. The molecule has 2 amide bonds. The standard InChI is InChI=1S/C21H28N4O4/c1-11(2)8-16(24-20(28)13-4-6-14(22)7-5-13)21(29)25-17(12(3)26)9-15-19(25)18(27)10-23-15/h4-7,11,15-17,19,23H,8-10,22H2,1-3H3,(H,24,28). The molecule has 0 saturated carbocycles. The Morgan fingerprint density at radius 3 is 2.48 bits per heavy atom. The predicted octanol–water partition coefficient (Wildman–Crippen LogP) is 0.513. The second-order valence-corrected chi connectivity index (χ2v) is 8.28. The summed E-state index contributed by atoms with van der Waals surface area (Å²) >= 11 is 0. The third kappa shape index (κ3) is 4.32. The lowest BCUT2D eigenvalue weighted by atomic mass is 10.0. The summed E-state index contributed by atoms with van der Waals surface area (Å²) in [5, 5.41) is 5.90. The van der Waals surface area contributed by atoms with Crippen molar-refractivity contribution in [3.8, 4) is 0 Å². The van der Waals surface area contributed by atoms with Crippen molar-refractivity contribution in [3.63, 3.8) is 0 Å². The zero-order valence-electron chi connectivity index (χ0n) is 17.0. The first-order valence-corrected chi connectivity index (χ1v) is 9.94. The lowest BCUT2D eigenvalue weighted by molar-refractivity contribution is -0.143. The summed E-state index contributed by atoms with van der Waals surface area (Å²) in [6.45, 7) is 5.53. The number of anilines is 1. The lowest BCUT2D eigenvalue weighted by Gasteiger charge is -2.32. The number of fused-ring (bicyclic) bond motifs is 1. The summed E-state index contributed by atoms with van der Waals surface area (Å²) in [7, 11) is 0. The fourth-order valence-corrected chi connectivity index (χ4v) is 4.18. The van der Waals surface area contributed by atoms with Crippen molar-refractivity contribution in [3.05, 3.63) is 29.8 Å². The molecule has 4 unspecified atom stereocenters. The topological polar surface area (TPSA) is 122 Å². The van der Waals surface area contributed by atoms with E-state index in [9.17, 15) is 19.2 Å². The van der Waals surface area contributed by atoms with Crippen molar-refractivity contribution in [1.29, 1.82) is 0 Å². The summed E-state index contributed by atoms with van der Waals surface area (Å²) in [5.41, 5.74) is 6.60. The summed E-state index contributed by atoms with van der Waals surface area (Å²) in [5.74, 6) is -0.903. The number of nitrogen functional groups attached to an aromatic ring is 1. The first-order chi connectivity index (χ1) is 13.7. The van der Waals surface area contributed by atoms with Crippen molar-refractivity contribution in [1.82, 2.24) is 15.5 Å². The second kappa shape index (κ2) is 8.32. The number of amides is 2. The number of benzene rings is 1. The SMILES string of the molecule is CC(=O)C1CC2NCC(=O)C2N1C(=O)C(CC(C)C)NC(=O)c1ccc(N)cc1. The second-order valence-electron chi connectivity index (χ2n) is 8.28. The third-order valence-corrected chi connectivity index (χ3v) is 5.57. The van der Waals surface area contributed by atoms with Crippen LogP contribution in [0.4, 0.5) is 5.69 Å². The van der Waals surface area contributed by atoms with Gasteiger partial charge in [-0.2, -0.15) is 0 Å². The van der Waals surface area contributed by atoms with Gasteiger partial charge in [-0.1, -0.05) is 13.8 Å². The quantitative estimate of drug-likeness (QED) is 0.598. The van der Waals surface area contributed by atoms with E-state index in [4.69, 9.17) is 5.73 Å². The Hall–Kier alpha value is -2.74. The van der Waals surface area contributed by atoms with Gasteiger partial charge in [-0.3, -0.25) is 19.2 Å². The zero-order chi connectivity index (χ0) is 21.3. The summed E-state index contributed by atoms with van der Waals surface area (Å²) < 4.78 is 0. The van der Waals surface area contributed by atoms with Crippen LogP contribution in [0.3, 0.4) is 0 Å². The minimum absolute atomic E-state index is 0.0970. The Kier molecular flexibility index (Phi) is 6.02. The highest BCUT2D eigenvalue weighted by Gasteiger charge is 2.52. The maximum atomic E-state index is 13.5. The molecule has 0 spiro atoms.